The van der Waals surface area contributed by atoms with E-state index >= 15 is 0 Å². The monoisotopic (exact) mass is 348 g/mol. The highest BCUT2D eigenvalue weighted by Crippen LogP contribution is 2.16. The number of aromatic carboxylic acids is 1. The van der Waals surface area contributed by atoms with Crippen LogP contribution in [-0.2, 0) is 6.42 Å². The van der Waals surface area contributed by atoms with E-state index in [2.05, 4.69) is 11.1 Å². The predicted molar refractivity (Wildman–Crippen MR) is 103 cm³/mol. The summed E-state index contributed by atoms with van der Waals surface area (Å²) in [6, 6.07) is 9.20. The second kappa shape index (κ2) is 6.96. The first-order valence-electron chi connectivity index (χ1n) is 8.44. The van der Waals surface area contributed by atoms with Crippen molar-refractivity contribution < 1.29 is 9.90 Å². The third-order valence-corrected chi connectivity index (χ3v) is 4.39. The molecular formula is C21H20N2O3. The van der Waals surface area contributed by atoms with E-state index in [9.17, 15) is 9.59 Å². The molecule has 1 N–H and O–H groups in total. The van der Waals surface area contributed by atoms with Gasteiger partial charge in [0.1, 0.15) is 5.65 Å². The highest BCUT2D eigenvalue weighted by molar-refractivity contribution is 5.87. The van der Waals surface area contributed by atoms with Crippen LogP contribution in [0, 0.1) is 13.8 Å². The molecule has 0 bridgehead atoms. The van der Waals surface area contributed by atoms with E-state index in [0.29, 0.717) is 23.3 Å². The van der Waals surface area contributed by atoms with Gasteiger partial charge in [0.15, 0.2) is 0 Å². The van der Waals surface area contributed by atoms with Crippen LogP contribution in [0.2, 0.25) is 0 Å². The summed E-state index contributed by atoms with van der Waals surface area (Å²) in [6.45, 7) is 5.98. The molecule has 0 spiro atoms. The number of nitrogens with zero attached hydrogens (tertiary/aromatic N) is 2. The number of carboxylic acids is 1. The van der Waals surface area contributed by atoms with Gasteiger partial charge in [0.2, 0.25) is 0 Å². The Balaban J connectivity index is 2.14. The summed E-state index contributed by atoms with van der Waals surface area (Å²) in [5, 5.41) is 9.13. The summed E-state index contributed by atoms with van der Waals surface area (Å²) >= 11 is 0. The molecule has 0 fully saturated rings. The summed E-state index contributed by atoms with van der Waals surface area (Å²) in [6.07, 6.45) is 5.64. The summed E-state index contributed by atoms with van der Waals surface area (Å²) in [7, 11) is 0. The van der Waals surface area contributed by atoms with Crippen molar-refractivity contribution in [2.24, 2.45) is 0 Å². The molecule has 0 radical (unpaired) electrons. The first kappa shape index (κ1) is 17.6. The van der Waals surface area contributed by atoms with Crippen LogP contribution in [0.25, 0.3) is 17.8 Å². The number of hydrogen-bond acceptors (Lipinski definition) is 3. The van der Waals surface area contributed by atoms with Gasteiger partial charge in [-0.25, -0.2) is 9.78 Å². The molecule has 2 heterocycles. The van der Waals surface area contributed by atoms with Crippen LogP contribution >= 0.6 is 0 Å². The number of fused-ring (bicyclic) bond motifs is 1. The molecule has 26 heavy (non-hydrogen) atoms. The molecule has 0 aliphatic rings. The summed E-state index contributed by atoms with van der Waals surface area (Å²) in [5.74, 6) is -1.07. The highest BCUT2D eigenvalue weighted by atomic mass is 16.4. The van der Waals surface area contributed by atoms with Crippen LogP contribution in [0.3, 0.4) is 0 Å². The molecule has 0 saturated heterocycles. The fourth-order valence-electron chi connectivity index (χ4n) is 2.97. The maximum Gasteiger partial charge on any atom is 0.337 e. The topological polar surface area (TPSA) is 71.7 Å². The summed E-state index contributed by atoms with van der Waals surface area (Å²) < 4.78 is 1.30. The van der Waals surface area contributed by atoms with Crippen LogP contribution in [0.15, 0.2) is 41.3 Å². The molecule has 1 aromatic carbocycles. The van der Waals surface area contributed by atoms with E-state index in [1.807, 2.05) is 45.1 Å². The maximum atomic E-state index is 12.8. The van der Waals surface area contributed by atoms with Gasteiger partial charge in [-0.05, 0) is 49.6 Å². The first-order chi connectivity index (χ1) is 12.4. The molecule has 5 nitrogen and oxygen atoms in total. The minimum atomic E-state index is -1.07. The molecule has 0 aliphatic heterocycles. The van der Waals surface area contributed by atoms with Gasteiger partial charge in [-0.2, -0.15) is 0 Å². The standard InChI is InChI=1S/C21H20N2O3/c1-4-17-18(9-7-15-6-5-13(2)11-14(15)3)22-19-10-8-16(21(25)26)12-23(19)20(17)24/h5-12H,4H2,1-3H3,(H,25,26)/b9-7+. The Morgan fingerprint density at radius 2 is 1.96 bits per heavy atom. The molecular weight excluding hydrogens is 328 g/mol. The van der Waals surface area contributed by atoms with Crippen molar-refractivity contribution in [1.29, 1.82) is 0 Å². The number of hydrogen-bond donors (Lipinski definition) is 1. The van der Waals surface area contributed by atoms with Crippen LogP contribution in [0.5, 0.6) is 0 Å². The van der Waals surface area contributed by atoms with Crippen molar-refractivity contribution in [1.82, 2.24) is 9.38 Å². The Hall–Kier alpha value is -3.21. The number of rotatable bonds is 4. The zero-order valence-corrected chi connectivity index (χ0v) is 15.0. The number of carbonyl (C=O) groups is 1. The quantitative estimate of drug-likeness (QED) is 0.779. The fourth-order valence-corrected chi connectivity index (χ4v) is 2.97. The van der Waals surface area contributed by atoms with Gasteiger partial charge >= 0.3 is 5.97 Å². The van der Waals surface area contributed by atoms with Crippen LogP contribution < -0.4 is 5.56 Å². The molecule has 132 valence electrons. The van der Waals surface area contributed by atoms with Crippen LogP contribution in [-0.4, -0.2) is 20.5 Å². The van der Waals surface area contributed by atoms with E-state index in [1.54, 1.807) is 6.07 Å². The fraction of sp³-hybridized carbons (Fsp3) is 0.190. The molecule has 0 saturated carbocycles. The normalized spacial score (nSPS) is 11.3. The Bertz CT molecular complexity index is 1090. The van der Waals surface area contributed by atoms with Gasteiger partial charge in [0.05, 0.1) is 11.3 Å². The molecule has 5 heteroatoms. The average Bonchev–Trinajstić information content (AvgIpc) is 2.60. The van der Waals surface area contributed by atoms with Crippen LogP contribution in [0.1, 0.15) is 45.2 Å². The minimum absolute atomic E-state index is 0.0574. The predicted octanol–water partition coefficient (Wildman–Crippen LogP) is 3.74. The number of aryl methyl sites for hydroxylation is 2. The summed E-state index contributed by atoms with van der Waals surface area (Å²) in [5.41, 5.74) is 4.85. The number of carboxylic acid groups (broad SMARTS) is 1. The van der Waals surface area contributed by atoms with E-state index in [-0.39, 0.29) is 11.1 Å². The Morgan fingerprint density at radius 1 is 1.19 bits per heavy atom. The second-order valence-electron chi connectivity index (χ2n) is 6.28. The van der Waals surface area contributed by atoms with E-state index < -0.39 is 5.97 Å². The number of benzene rings is 1. The van der Waals surface area contributed by atoms with Gasteiger partial charge in [-0.15, -0.1) is 0 Å². The third-order valence-electron chi connectivity index (χ3n) is 4.39. The average molecular weight is 348 g/mol. The molecule has 0 aliphatic carbocycles. The van der Waals surface area contributed by atoms with Crippen molar-refractivity contribution in [2.75, 3.05) is 0 Å². The molecule has 0 amide bonds. The minimum Gasteiger partial charge on any atom is -0.478 e. The van der Waals surface area contributed by atoms with Gasteiger partial charge in [0.25, 0.3) is 5.56 Å². The molecule has 2 aromatic heterocycles. The Morgan fingerprint density at radius 3 is 2.62 bits per heavy atom. The second-order valence-corrected chi connectivity index (χ2v) is 6.28. The van der Waals surface area contributed by atoms with Crippen molar-refractivity contribution in [2.45, 2.75) is 27.2 Å². The number of aromatic nitrogens is 2. The van der Waals surface area contributed by atoms with Crippen LogP contribution in [0.4, 0.5) is 0 Å². The number of pyridine rings is 1. The lowest BCUT2D eigenvalue weighted by Gasteiger charge is -2.08. The van der Waals surface area contributed by atoms with E-state index in [4.69, 9.17) is 5.11 Å². The zero-order valence-electron chi connectivity index (χ0n) is 15.0. The lowest BCUT2D eigenvalue weighted by atomic mass is 10.0. The van der Waals surface area contributed by atoms with Gasteiger partial charge in [0, 0.05) is 11.8 Å². The summed E-state index contributed by atoms with van der Waals surface area (Å²) in [4.78, 5) is 28.5. The third kappa shape index (κ3) is 3.28. The first-order valence-corrected chi connectivity index (χ1v) is 8.44. The van der Waals surface area contributed by atoms with Crippen molar-refractivity contribution in [3.8, 4) is 0 Å². The van der Waals surface area contributed by atoms with Gasteiger partial charge < -0.3 is 5.11 Å². The van der Waals surface area contributed by atoms with Crippen molar-refractivity contribution in [3.05, 3.63) is 80.4 Å². The smallest absolute Gasteiger partial charge is 0.337 e. The molecule has 3 rings (SSSR count). The highest BCUT2D eigenvalue weighted by Gasteiger charge is 2.11. The lowest BCUT2D eigenvalue weighted by Crippen LogP contribution is -2.22. The molecule has 3 aromatic rings. The SMILES string of the molecule is CCc1c(/C=C/c2ccc(C)cc2C)nc2ccc(C(=O)O)cn2c1=O. The molecule has 0 atom stereocenters. The van der Waals surface area contributed by atoms with E-state index in [1.165, 1.54) is 22.2 Å². The van der Waals surface area contributed by atoms with Gasteiger partial charge in [-0.1, -0.05) is 36.8 Å². The lowest BCUT2D eigenvalue weighted by molar-refractivity contribution is 0.0696. The largest absolute Gasteiger partial charge is 0.478 e. The Labute approximate surface area is 151 Å². The van der Waals surface area contributed by atoms with Crippen molar-refractivity contribution >= 4 is 23.8 Å². The maximum absolute atomic E-state index is 12.8. The van der Waals surface area contributed by atoms with Gasteiger partial charge in [-0.3, -0.25) is 9.20 Å². The van der Waals surface area contributed by atoms with Crippen molar-refractivity contribution in [3.63, 3.8) is 0 Å². The van der Waals surface area contributed by atoms with E-state index in [0.717, 1.165) is 11.1 Å². The molecule has 0 unspecified atom stereocenters. The Kier molecular flexibility index (Phi) is 4.71. The zero-order chi connectivity index (χ0) is 18.8.